The van der Waals surface area contributed by atoms with E-state index in [1.165, 1.54) is 5.56 Å². The van der Waals surface area contributed by atoms with Gasteiger partial charge in [-0.2, -0.15) is 10.1 Å². The summed E-state index contributed by atoms with van der Waals surface area (Å²) in [5.41, 5.74) is 3.01. The fourth-order valence-electron chi connectivity index (χ4n) is 3.92. The average Bonchev–Trinajstić information content (AvgIpc) is 3.54. The number of piperazine rings is 1. The standard InChI is InChI=1S/C24H25N7O2/c32-23(9-8-22-27-24(28-33-22)20-5-4-10-25-16-20)30-13-11-29(12-14-30)17-19-15-26-31(18-19)21-6-2-1-3-7-21/h1-7,10,15-16,18H,8-9,11-14,17H2. The first-order chi connectivity index (χ1) is 16.2. The van der Waals surface area contributed by atoms with Crippen LogP contribution in [-0.4, -0.2) is 66.8 Å². The molecule has 0 aliphatic carbocycles. The second kappa shape index (κ2) is 9.74. The molecule has 33 heavy (non-hydrogen) atoms. The molecular weight excluding hydrogens is 418 g/mol. The Morgan fingerprint density at radius 1 is 1.00 bits per heavy atom. The van der Waals surface area contributed by atoms with Gasteiger partial charge in [-0.1, -0.05) is 23.4 Å². The summed E-state index contributed by atoms with van der Waals surface area (Å²) in [6.07, 6.45) is 8.15. The summed E-state index contributed by atoms with van der Waals surface area (Å²) in [4.78, 5) is 25.4. The molecule has 1 aromatic carbocycles. The first kappa shape index (κ1) is 21.0. The molecule has 0 saturated carbocycles. The van der Waals surface area contributed by atoms with Crippen LogP contribution in [0.2, 0.25) is 0 Å². The van der Waals surface area contributed by atoms with Crippen LogP contribution in [0.3, 0.4) is 0 Å². The van der Waals surface area contributed by atoms with Crippen LogP contribution in [0, 0.1) is 0 Å². The molecule has 0 unspecified atom stereocenters. The molecule has 4 aromatic rings. The van der Waals surface area contributed by atoms with E-state index in [-0.39, 0.29) is 5.91 Å². The predicted octanol–water partition coefficient (Wildman–Crippen LogP) is 2.59. The highest BCUT2D eigenvalue weighted by atomic mass is 16.5. The Bertz CT molecular complexity index is 1180. The number of aromatic nitrogens is 5. The van der Waals surface area contributed by atoms with Gasteiger partial charge in [0, 0.05) is 75.3 Å². The summed E-state index contributed by atoms with van der Waals surface area (Å²) in [6, 6.07) is 13.8. The molecule has 1 aliphatic rings. The van der Waals surface area contributed by atoms with Crippen LogP contribution in [0.15, 0.2) is 71.8 Å². The fraction of sp³-hybridized carbons (Fsp3) is 0.292. The van der Waals surface area contributed by atoms with Crippen molar-refractivity contribution in [3.05, 3.63) is 78.7 Å². The Balaban J connectivity index is 1.08. The average molecular weight is 444 g/mol. The number of aryl methyl sites for hydroxylation is 1. The molecule has 0 spiro atoms. The minimum atomic E-state index is 0.118. The highest BCUT2D eigenvalue weighted by molar-refractivity contribution is 5.76. The van der Waals surface area contributed by atoms with Gasteiger partial charge in [-0.3, -0.25) is 14.7 Å². The monoisotopic (exact) mass is 443 g/mol. The van der Waals surface area contributed by atoms with Crippen LogP contribution >= 0.6 is 0 Å². The second-order valence-electron chi connectivity index (χ2n) is 8.04. The SMILES string of the molecule is O=C(CCc1nc(-c2cccnc2)no1)N1CCN(Cc2cnn(-c3ccccc3)c2)CC1. The summed E-state index contributed by atoms with van der Waals surface area (Å²) < 4.78 is 7.19. The highest BCUT2D eigenvalue weighted by Crippen LogP contribution is 2.16. The maximum Gasteiger partial charge on any atom is 0.227 e. The lowest BCUT2D eigenvalue weighted by Crippen LogP contribution is -2.48. The van der Waals surface area contributed by atoms with E-state index in [0.29, 0.717) is 24.6 Å². The van der Waals surface area contributed by atoms with Gasteiger partial charge in [0.2, 0.25) is 17.6 Å². The van der Waals surface area contributed by atoms with Crippen molar-refractivity contribution in [3.63, 3.8) is 0 Å². The van der Waals surface area contributed by atoms with Crippen molar-refractivity contribution in [1.82, 2.24) is 34.7 Å². The molecule has 168 valence electrons. The minimum absolute atomic E-state index is 0.118. The minimum Gasteiger partial charge on any atom is -0.340 e. The molecule has 1 fully saturated rings. The van der Waals surface area contributed by atoms with Crippen molar-refractivity contribution in [2.24, 2.45) is 0 Å². The van der Waals surface area contributed by atoms with Gasteiger partial charge < -0.3 is 9.42 Å². The molecule has 4 heterocycles. The van der Waals surface area contributed by atoms with Gasteiger partial charge in [-0.05, 0) is 24.3 Å². The van der Waals surface area contributed by atoms with Gasteiger partial charge in [0.05, 0.1) is 11.9 Å². The number of carbonyl (C=O) groups is 1. The smallest absolute Gasteiger partial charge is 0.227 e. The van der Waals surface area contributed by atoms with Crippen molar-refractivity contribution in [2.75, 3.05) is 26.2 Å². The number of rotatable bonds is 7. The first-order valence-corrected chi connectivity index (χ1v) is 11.1. The van der Waals surface area contributed by atoms with Crippen LogP contribution in [0.25, 0.3) is 17.1 Å². The summed E-state index contributed by atoms with van der Waals surface area (Å²) in [5.74, 6) is 1.08. The van der Waals surface area contributed by atoms with E-state index >= 15 is 0 Å². The van der Waals surface area contributed by atoms with E-state index in [0.717, 1.165) is 44.0 Å². The molecule has 3 aromatic heterocycles. The number of hydrogen-bond acceptors (Lipinski definition) is 7. The van der Waals surface area contributed by atoms with Crippen LogP contribution in [0.5, 0.6) is 0 Å². The lowest BCUT2D eigenvalue weighted by molar-refractivity contribution is -0.133. The number of benzene rings is 1. The van der Waals surface area contributed by atoms with E-state index in [1.54, 1.807) is 12.4 Å². The first-order valence-electron chi connectivity index (χ1n) is 11.1. The van der Waals surface area contributed by atoms with Gasteiger partial charge in [-0.15, -0.1) is 0 Å². The molecule has 5 rings (SSSR count). The Labute approximate surface area is 191 Å². The van der Waals surface area contributed by atoms with E-state index in [1.807, 2.05) is 58.2 Å². The molecule has 1 saturated heterocycles. The maximum atomic E-state index is 12.7. The quantitative estimate of drug-likeness (QED) is 0.433. The zero-order chi connectivity index (χ0) is 22.5. The number of para-hydroxylation sites is 1. The van der Waals surface area contributed by atoms with Crippen LogP contribution in [0.1, 0.15) is 17.9 Å². The predicted molar refractivity (Wildman–Crippen MR) is 121 cm³/mol. The Morgan fingerprint density at radius 2 is 1.85 bits per heavy atom. The van der Waals surface area contributed by atoms with Crippen molar-refractivity contribution in [2.45, 2.75) is 19.4 Å². The Morgan fingerprint density at radius 3 is 2.64 bits per heavy atom. The van der Waals surface area contributed by atoms with Crippen molar-refractivity contribution in [3.8, 4) is 17.1 Å². The van der Waals surface area contributed by atoms with Crippen molar-refractivity contribution in [1.29, 1.82) is 0 Å². The Kier molecular flexibility index (Phi) is 6.21. The molecular formula is C24H25N7O2. The fourth-order valence-corrected chi connectivity index (χ4v) is 3.92. The molecule has 1 aliphatic heterocycles. The Hall–Kier alpha value is -3.85. The largest absolute Gasteiger partial charge is 0.340 e. The van der Waals surface area contributed by atoms with E-state index < -0.39 is 0 Å². The van der Waals surface area contributed by atoms with Crippen molar-refractivity contribution >= 4 is 5.91 Å². The molecule has 1 amide bonds. The van der Waals surface area contributed by atoms with Gasteiger partial charge in [0.25, 0.3) is 0 Å². The van der Waals surface area contributed by atoms with E-state index in [4.69, 9.17) is 4.52 Å². The third-order valence-electron chi connectivity index (χ3n) is 5.73. The lowest BCUT2D eigenvalue weighted by atomic mass is 10.2. The molecule has 0 radical (unpaired) electrons. The van der Waals surface area contributed by atoms with Crippen LogP contribution in [-0.2, 0) is 17.8 Å². The summed E-state index contributed by atoms with van der Waals surface area (Å²) in [5, 5.41) is 8.45. The van der Waals surface area contributed by atoms with Crippen LogP contribution in [0.4, 0.5) is 0 Å². The molecule has 0 N–H and O–H groups in total. The number of pyridine rings is 1. The number of amides is 1. The topological polar surface area (TPSA) is 93.2 Å². The number of hydrogen-bond donors (Lipinski definition) is 0. The maximum absolute atomic E-state index is 12.7. The third-order valence-corrected chi connectivity index (χ3v) is 5.73. The van der Waals surface area contributed by atoms with Gasteiger partial charge in [-0.25, -0.2) is 4.68 Å². The van der Waals surface area contributed by atoms with E-state index in [2.05, 4.69) is 31.3 Å². The van der Waals surface area contributed by atoms with Crippen LogP contribution < -0.4 is 0 Å². The number of nitrogens with zero attached hydrogens (tertiary/aromatic N) is 7. The number of carbonyl (C=O) groups excluding carboxylic acids is 1. The molecule has 9 nitrogen and oxygen atoms in total. The molecule has 0 atom stereocenters. The third kappa shape index (κ3) is 5.15. The van der Waals surface area contributed by atoms with E-state index in [9.17, 15) is 4.79 Å². The van der Waals surface area contributed by atoms with Gasteiger partial charge in [0.15, 0.2) is 0 Å². The highest BCUT2D eigenvalue weighted by Gasteiger charge is 2.22. The lowest BCUT2D eigenvalue weighted by Gasteiger charge is -2.34. The summed E-state index contributed by atoms with van der Waals surface area (Å²) in [7, 11) is 0. The zero-order valence-electron chi connectivity index (χ0n) is 18.2. The normalized spacial score (nSPS) is 14.5. The second-order valence-corrected chi connectivity index (χ2v) is 8.04. The molecule has 0 bridgehead atoms. The van der Waals surface area contributed by atoms with Crippen molar-refractivity contribution < 1.29 is 9.32 Å². The van der Waals surface area contributed by atoms with Gasteiger partial charge >= 0.3 is 0 Å². The summed E-state index contributed by atoms with van der Waals surface area (Å²) in [6.45, 7) is 3.95. The zero-order valence-corrected chi connectivity index (χ0v) is 18.2. The molecule has 9 heteroatoms. The summed E-state index contributed by atoms with van der Waals surface area (Å²) >= 11 is 0. The van der Waals surface area contributed by atoms with Gasteiger partial charge in [0.1, 0.15) is 0 Å².